The largest absolute Gasteiger partial charge is 0.480 e. The summed E-state index contributed by atoms with van der Waals surface area (Å²) in [6.07, 6.45) is 1.61. The van der Waals surface area contributed by atoms with Gasteiger partial charge >= 0.3 is 18.0 Å². The fourth-order valence-corrected chi connectivity index (χ4v) is 6.56. The number of rotatable bonds is 9. The van der Waals surface area contributed by atoms with Crippen LogP contribution in [0.5, 0.6) is 0 Å². The number of carboxylic acids is 1. The molecule has 2 amide bonds. The first-order valence-electron chi connectivity index (χ1n) is 13.7. The molecule has 3 aliphatic heterocycles. The predicted octanol–water partition coefficient (Wildman–Crippen LogP) is 3.37. The Balaban J connectivity index is 1.57. The number of halogens is 2. The Labute approximate surface area is 251 Å². The number of esters is 1. The van der Waals surface area contributed by atoms with Crippen LogP contribution < -0.4 is 5.32 Å². The molecule has 4 heterocycles. The van der Waals surface area contributed by atoms with Gasteiger partial charge in [-0.3, -0.25) is 14.7 Å². The molecule has 5 rings (SSSR count). The molecule has 42 heavy (non-hydrogen) atoms. The number of amidine groups is 1. The number of amides is 2. The third kappa shape index (κ3) is 5.72. The first-order chi connectivity index (χ1) is 20.1. The van der Waals surface area contributed by atoms with Crippen molar-refractivity contribution in [2.75, 3.05) is 39.3 Å². The van der Waals surface area contributed by atoms with Crippen LogP contribution in [0.1, 0.15) is 37.4 Å². The van der Waals surface area contributed by atoms with Crippen LogP contribution in [-0.2, 0) is 14.3 Å². The number of piperazine rings is 1. The third-order valence-electron chi connectivity index (χ3n) is 7.44. The number of urea groups is 1. The van der Waals surface area contributed by atoms with E-state index >= 15 is 0 Å². The lowest BCUT2D eigenvalue weighted by molar-refractivity contribution is -0.147. The van der Waals surface area contributed by atoms with E-state index in [4.69, 9.17) is 21.3 Å². The second-order valence-electron chi connectivity index (χ2n) is 10.7. The molecule has 224 valence electrons. The molecule has 0 unspecified atom stereocenters. The molecule has 11 nitrogen and oxygen atoms in total. The summed E-state index contributed by atoms with van der Waals surface area (Å²) in [6, 6.07) is 1.49. The maximum Gasteiger partial charge on any atom is 0.338 e. The molecule has 0 bridgehead atoms. The molecule has 2 N–H and O–H groups in total. The van der Waals surface area contributed by atoms with Crippen LogP contribution in [0, 0.1) is 11.7 Å². The van der Waals surface area contributed by atoms with Crippen LogP contribution >= 0.6 is 22.9 Å². The Morgan fingerprint density at radius 2 is 2.10 bits per heavy atom. The first kappa shape index (κ1) is 29.9. The van der Waals surface area contributed by atoms with E-state index in [1.165, 1.54) is 23.5 Å². The third-order valence-corrected chi connectivity index (χ3v) is 8.62. The van der Waals surface area contributed by atoms with Crippen LogP contribution in [-0.4, -0.2) is 100 Å². The van der Waals surface area contributed by atoms with Crippen molar-refractivity contribution in [1.29, 1.82) is 0 Å². The fraction of sp³-hybridized carbons (Fsp3) is 0.464. The SMILES string of the molecule is CCOC(=O)C1=C(CN2CCN3C(=O)N(CC(C)C)C[C@H]3[C@@H]2C(=O)O)NC(c2nccs2)=N[C@H]1c1cccc(F)c1Cl. The van der Waals surface area contributed by atoms with Gasteiger partial charge in [0.25, 0.3) is 0 Å². The highest BCUT2D eigenvalue weighted by molar-refractivity contribution is 7.11. The zero-order chi connectivity index (χ0) is 30.1. The Hall–Kier alpha value is -3.55. The van der Waals surface area contributed by atoms with E-state index in [0.717, 1.165) is 0 Å². The zero-order valence-corrected chi connectivity index (χ0v) is 25.0. The molecule has 0 aliphatic carbocycles. The van der Waals surface area contributed by atoms with E-state index in [-0.39, 0.29) is 54.3 Å². The van der Waals surface area contributed by atoms with Crippen molar-refractivity contribution in [3.05, 3.63) is 62.5 Å². The van der Waals surface area contributed by atoms with Gasteiger partial charge in [-0.1, -0.05) is 37.6 Å². The normalized spacial score (nSPS) is 22.8. The molecule has 3 atom stereocenters. The summed E-state index contributed by atoms with van der Waals surface area (Å²) in [4.78, 5) is 53.4. The monoisotopic (exact) mass is 618 g/mol. The number of carbonyl (C=O) groups excluding carboxylic acids is 2. The molecular weight excluding hydrogens is 587 g/mol. The number of nitrogens with one attached hydrogen (secondary N) is 1. The standard InChI is InChI=1S/C28H32ClFN6O5S/c1-4-41-27(39)20-18(13-34-9-10-36-19(23(34)26(37)38)14-35(28(36)40)12-15(2)3)32-24(25-31-8-11-42-25)33-22(20)16-6-5-7-17(30)21(16)29/h5-8,11,15,19,22-23H,4,9-10,12-14H2,1-3H3,(H,32,33)(H,37,38)/t19-,22-,23+/m0/s1. The number of thiazole rings is 1. The van der Waals surface area contributed by atoms with Crippen molar-refractivity contribution in [2.24, 2.45) is 10.9 Å². The van der Waals surface area contributed by atoms with Crippen LogP contribution in [0.3, 0.4) is 0 Å². The zero-order valence-electron chi connectivity index (χ0n) is 23.4. The number of ether oxygens (including phenoxy) is 1. The highest BCUT2D eigenvalue weighted by Crippen LogP contribution is 2.38. The van der Waals surface area contributed by atoms with E-state index in [0.29, 0.717) is 29.6 Å². The molecule has 14 heteroatoms. The Kier molecular flexibility index (Phi) is 8.81. The minimum atomic E-state index is -1.07. The number of aromatic nitrogens is 1. The first-order valence-corrected chi connectivity index (χ1v) is 15.0. The predicted molar refractivity (Wildman–Crippen MR) is 155 cm³/mol. The minimum Gasteiger partial charge on any atom is -0.480 e. The van der Waals surface area contributed by atoms with Gasteiger partial charge in [0.15, 0.2) is 10.8 Å². The lowest BCUT2D eigenvalue weighted by Crippen LogP contribution is -2.62. The average Bonchev–Trinajstić information content (AvgIpc) is 3.58. The number of benzene rings is 1. The van der Waals surface area contributed by atoms with Gasteiger partial charge in [0.2, 0.25) is 0 Å². The molecule has 0 radical (unpaired) electrons. The number of hydrogen-bond donors (Lipinski definition) is 2. The molecular formula is C28H32ClFN6O5S. The lowest BCUT2D eigenvalue weighted by atomic mass is 9.94. The van der Waals surface area contributed by atoms with Gasteiger partial charge in [-0.2, -0.15) is 0 Å². The summed E-state index contributed by atoms with van der Waals surface area (Å²) in [6.45, 7) is 7.16. The van der Waals surface area contributed by atoms with Gasteiger partial charge in [0, 0.05) is 55.6 Å². The van der Waals surface area contributed by atoms with Crippen molar-refractivity contribution in [3.63, 3.8) is 0 Å². The molecule has 2 fully saturated rings. The second-order valence-corrected chi connectivity index (χ2v) is 12.0. The Morgan fingerprint density at radius 3 is 2.76 bits per heavy atom. The topological polar surface area (TPSA) is 128 Å². The Morgan fingerprint density at radius 1 is 1.31 bits per heavy atom. The summed E-state index contributed by atoms with van der Waals surface area (Å²) in [5.74, 6) is -1.85. The number of nitrogens with zero attached hydrogens (tertiary/aromatic N) is 5. The number of hydrogen-bond acceptors (Lipinski definition) is 9. The smallest absolute Gasteiger partial charge is 0.338 e. The molecule has 1 aromatic heterocycles. The molecule has 3 aliphatic rings. The van der Waals surface area contributed by atoms with Crippen molar-refractivity contribution in [3.8, 4) is 0 Å². The van der Waals surface area contributed by atoms with E-state index in [2.05, 4.69) is 10.3 Å². The molecule has 1 aromatic carbocycles. The van der Waals surface area contributed by atoms with Gasteiger partial charge < -0.3 is 25.0 Å². The van der Waals surface area contributed by atoms with Gasteiger partial charge in [0.05, 0.1) is 23.2 Å². The highest BCUT2D eigenvalue weighted by Gasteiger charge is 2.50. The van der Waals surface area contributed by atoms with Gasteiger partial charge in [-0.15, -0.1) is 11.3 Å². The van der Waals surface area contributed by atoms with Crippen molar-refractivity contribution in [2.45, 2.75) is 38.9 Å². The van der Waals surface area contributed by atoms with E-state index < -0.39 is 35.9 Å². The summed E-state index contributed by atoms with van der Waals surface area (Å²) in [5.41, 5.74) is 0.709. The minimum absolute atomic E-state index is 0.00164. The summed E-state index contributed by atoms with van der Waals surface area (Å²) in [7, 11) is 0. The van der Waals surface area contributed by atoms with Gasteiger partial charge in [-0.05, 0) is 18.9 Å². The summed E-state index contributed by atoms with van der Waals surface area (Å²) in [5, 5.41) is 15.7. The number of aliphatic carboxylic acids is 1. The van der Waals surface area contributed by atoms with E-state index in [9.17, 15) is 23.9 Å². The van der Waals surface area contributed by atoms with Gasteiger partial charge in [0.1, 0.15) is 17.9 Å². The summed E-state index contributed by atoms with van der Waals surface area (Å²) < 4.78 is 20.0. The Bertz CT molecular complexity index is 1430. The fourth-order valence-electron chi connectivity index (χ4n) is 5.75. The lowest BCUT2D eigenvalue weighted by Gasteiger charge is -2.42. The van der Waals surface area contributed by atoms with Crippen molar-refractivity contribution in [1.82, 2.24) is 25.0 Å². The molecule has 2 aromatic rings. The molecule has 0 saturated carbocycles. The van der Waals surface area contributed by atoms with Crippen molar-refractivity contribution < 1.29 is 28.6 Å². The highest BCUT2D eigenvalue weighted by atomic mass is 35.5. The molecule has 0 spiro atoms. The number of aliphatic imine (C=N–C) groups is 1. The van der Waals surface area contributed by atoms with Crippen LogP contribution in [0.15, 0.2) is 46.0 Å². The summed E-state index contributed by atoms with van der Waals surface area (Å²) >= 11 is 7.71. The van der Waals surface area contributed by atoms with Crippen LogP contribution in [0.2, 0.25) is 5.02 Å². The number of fused-ring (bicyclic) bond motifs is 1. The number of carbonyl (C=O) groups is 3. The van der Waals surface area contributed by atoms with Crippen LogP contribution in [0.4, 0.5) is 9.18 Å². The second kappa shape index (κ2) is 12.4. The maximum atomic E-state index is 14.6. The van der Waals surface area contributed by atoms with E-state index in [1.807, 2.05) is 13.8 Å². The number of carboxylic acid groups (broad SMARTS) is 1. The van der Waals surface area contributed by atoms with E-state index in [1.54, 1.807) is 39.3 Å². The van der Waals surface area contributed by atoms with Crippen LogP contribution in [0.25, 0.3) is 0 Å². The van der Waals surface area contributed by atoms with Crippen molar-refractivity contribution >= 4 is 46.7 Å². The molecule has 2 saturated heterocycles. The maximum absolute atomic E-state index is 14.6. The quantitative estimate of drug-likeness (QED) is 0.410. The average molecular weight is 619 g/mol. The van der Waals surface area contributed by atoms with Gasteiger partial charge in [-0.25, -0.2) is 19.0 Å².